The van der Waals surface area contributed by atoms with Crippen molar-refractivity contribution in [3.8, 4) is 0 Å². The summed E-state index contributed by atoms with van der Waals surface area (Å²) in [5.41, 5.74) is 1.06. The van der Waals surface area contributed by atoms with Crippen molar-refractivity contribution >= 4 is 23.5 Å². The van der Waals surface area contributed by atoms with Gasteiger partial charge in [0.15, 0.2) is 0 Å². The molecule has 7 nitrogen and oxygen atoms in total. The molecule has 3 N–H and O–H groups in total. The molecule has 1 unspecified atom stereocenters. The zero-order chi connectivity index (χ0) is 18.9. The predicted octanol–water partition coefficient (Wildman–Crippen LogP) is 1.55. The summed E-state index contributed by atoms with van der Waals surface area (Å²) < 4.78 is 4.47. The standard InChI is InChI=1S/C19H27N3O4/c1-13(14-7-9-20-10-8-14)11-17(23)22-16-5-3-15(4-6-16)19(25)21-12-18(24)26-2/h3-6,13-14,20H,7-12H2,1-2H3,(H,21,25)(H,22,23). The number of hydrogen-bond acceptors (Lipinski definition) is 5. The Hall–Kier alpha value is -2.41. The number of amides is 2. The summed E-state index contributed by atoms with van der Waals surface area (Å²) in [6.45, 7) is 4.00. The summed E-state index contributed by atoms with van der Waals surface area (Å²) in [6, 6.07) is 6.58. The van der Waals surface area contributed by atoms with Crippen molar-refractivity contribution in [3.63, 3.8) is 0 Å². The van der Waals surface area contributed by atoms with Gasteiger partial charge in [0.2, 0.25) is 5.91 Å². The number of esters is 1. The third-order valence-electron chi connectivity index (χ3n) is 4.75. The molecule has 0 aliphatic carbocycles. The molecule has 0 spiro atoms. The molecule has 0 radical (unpaired) electrons. The molecule has 1 aromatic rings. The Morgan fingerprint density at radius 3 is 2.46 bits per heavy atom. The number of carbonyl (C=O) groups excluding carboxylic acids is 3. The van der Waals surface area contributed by atoms with Gasteiger partial charge in [0.25, 0.3) is 5.91 Å². The number of hydrogen-bond donors (Lipinski definition) is 3. The molecule has 2 rings (SSSR count). The Bertz CT molecular complexity index is 624. The Labute approximate surface area is 153 Å². The van der Waals surface area contributed by atoms with Gasteiger partial charge in [-0.25, -0.2) is 0 Å². The van der Waals surface area contributed by atoms with Crippen molar-refractivity contribution in [3.05, 3.63) is 29.8 Å². The topological polar surface area (TPSA) is 96.5 Å². The molecule has 1 aliphatic rings. The van der Waals surface area contributed by atoms with E-state index in [0.717, 1.165) is 25.9 Å². The second-order valence-corrected chi connectivity index (χ2v) is 6.65. The van der Waals surface area contributed by atoms with Crippen molar-refractivity contribution < 1.29 is 19.1 Å². The number of piperidine rings is 1. The number of nitrogens with one attached hydrogen (secondary N) is 3. The third-order valence-corrected chi connectivity index (χ3v) is 4.75. The van der Waals surface area contributed by atoms with Crippen molar-refractivity contribution in [2.24, 2.45) is 11.8 Å². The van der Waals surface area contributed by atoms with Crippen LogP contribution in [-0.4, -0.2) is 44.5 Å². The second-order valence-electron chi connectivity index (χ2n) is 6.65. The lowest BCUT2D eigenvalue weighted by Crippen LogP contribution is -2.32. The van der Waals surface area contributed by atoms with E-state index in [1.165, 1.54) is 7.11 Å². The number of carbonyl (C=O) groups is 3. The molecule has 1 fully saturated rings. The first-order valence-corrected chi connectivity index (χ1v) is 8.95. The van der Waals surface area contributed by atoms with Gasteiger partial charge in [-0.2, -0.15) is 0 Å². The molecule has 1 aromatic carbocycles. The minimum absolute atomic E-state index is 0.0149. The van der Waals surface area contributed by atoms with Crippen LogP contribution in [0.15, 0.2) is 24.3 Å². The summed E-state index contributed by atoms with van der Waals surface area (Å²) in [7, 11) is 1.26. The van der Waals surface area contributed by atoms with Gasteiger partial charge < -0.3 is 20.7 Å². The predicted molar refractivity (Wildman–Crippen MR) is 98.8 cm³/mol. The zero-order valence-corrected chi connectivity index (χ0v) is 15.3. The molecule has 1 saturated heterocycles. The van der Waals surface area contributed by atoms with Crippen molar-refractivity contribution in [1.82, 2.24) is 10.6 Å². The van der Waals surface area contributed by atoms with Gasteiger partial charge in [-0.15, -0.1) is 0 Å². The number of ether oxygens (including phenoxy) is 1. The van der Waals surface area contributed by atoms with Crippen LogP contribution in [0, 0.1) is 11.8 Å². The van der Waals surface area contributed by atoms with Crippen LogP contribution < -0.4 is 16.0 Å². The van der Waals surface area contributed by atoms with Gasteiger partial charge in [0, 0.05) is 17.7 Å². The van der Waals surface area contributed by atoms with E-state index in [1.54, 1.807) is 24.3 Å². The van der Waals surface area contributed by atoms with E-state index in [-0.39, 0.29) is 18.4 Å². The monoisotopic (exact) mass is 361 g/mol. The maximum Gasteiger partial charge on any atom is 0.325 e. The maximum absolute atomic E-state index is 12.2. The van der Waals surface area contributed by atoms with Gasteiger partial charge in [-0.3, -0.25) is 14.4 Å². The van der Waals surface area contributed by atoms with Crippen molar-refractivity contribution in [1.29, 1.82) is 0 Å². The first-order valence-electron chi connectivity index (χ1n) is 8.95. The van der Waals surface area contributed by atoms with Crippen LogP contribution in [-0.2, 0) is 14.3 Å². The molecule has 7 heteroatoms. The van der Waals surface area contributed by atoms with Crippen molar-refractivity contribution in [2.75, 3.05) is 32.1 Å². The van der Waals surface area contributed by atoms with E-state index in [2.05, 4.69) is 27.6 Å². The summed E-state index contributed by atoms with van der Waals surface area (Å²) in [5.74, 6) is 0.0418. The number of methoxy groups -OCH3 is 1. The molecular formula is C19H27N3O4. The van der Waals surface area contributed by atoms with E-state index < -0.39 is 5.97 Å². The fourth-order valence-corrected chi connectivity index (χ4v) is 3.12. The smallest absolute Gasteiger partial charge is 0.325 e. The van der Waals surface area contributed by atoms with Crippen LogP contribution in [0.3, 0.4) is 0 Å². The average Bonchev–Trinajstić information content (AvgIpc) is 2.66. The van der Waals surface area contributed by atoms with E-state index >= 15 is 0 Å². The molecule has 2 amide bonds. The summed E-state index contributed by atoms with van der Waals surface area (Å²) in [5, 5.41) is 8.68. The van der Waals surface area contributed by atoms with Crippen LogP contribution in [0.5, 0.6) is 0 Å². The largest absolute Gasteiger partial charge is 0.468 e. The normalized spacial score (nSPS) is 15.8. The summed E-state index contributed by atoms with van der Waals surface area (Å²) in [6.07, 6.45) is 2.72. The minimum atomic E-state index is -0.509. The first kappa shape index (κ1) is 19.9. The summed E-state index contributed by atoms with van der Waals surface area (Å²) >= 11 is 0. The lowest BCUT2D eigenvalue weighted by molar-refractivity contribution is -0.139. The number of rotatable bonds is 7. The van der Waals surface area contributed by atoms with Gasteiger partial charge >= 0.3 is 5.97 Å². The van der Waals surface area contributed by atoms with Gasteiger partial charge in [-0.1, -0.05) is 6.92 Å². The van der Waals surface area contributed by atoms with E-state index in [1.807, 2.05) is 0 Å². The molecule has 142 valence electrons. The minimum Gasteiger partial charge on any atom is -0.468 e. The van der Waals surface area contributed by atoms with E-state index in [0.29, 0.717) is 29.5 Å². The molecule has 0 bridgehead atoms. The zero-order valence-electron chi connectivity index (χ0n) is 15.3. The van der Waals surface area contributed by atoms with Crippen molar-refractivity contribution in [2.45, 2.75) is 26.2 Å². The van der Waals surface area contributed by atoms with Crippen LogP contribution >= 0.6 is 0 Å². The highest BCUT2D eigenvalue weighted by molar-refractivity contribution is 5.97. The fraction of sp³-hybridized carbons (Fsp3) is 0.526. The Morgan fingerprint density at radius 2 is 1.85 bits per heavy atom. The van der Waals surface area contributed by atoms with Crippen LogP contribution in [0.4, 0.5) is 5.69 Å². The lowest BCUT2D eigenvalue weighted by Gasteiger charge is -2.27. The van der Waals surface area contributed by atoms with Gasteiger partial charge in [-0.05, 0) is 62.0 Å². The third kappa shape index (κ3) is 6.15. The molecular weight excluding hydrogens is 334 g/mol. The maximum atomic E-state index is 12.2. The number of benzene rings is 1. The Morgan fingerprint density at radius 1 is 1.19 bits per heavy atom. The fourth-order valence-electron chi connectivity index (χ4n) is 3.12. The molecule has 26 heavy (non-hydrogen) atoms. The van der Waals surface area contributed by atoms with Gasteiger partial charge in [0.1, 0.15) is 6.54 Å². The molecule has 1 atom stereocenters. The van der Waals surface area contributed by atoms with E-state index in [9.17, 15) is 14.4 Å². The number of anilines is 1. The van der Waals surface area contributed by atoms with Crippen LogP contribution in [0.2, 0.25) is 0 Å². The molecule has 0 aromatic heterocycles. The highest BCUT2D eigenvalue weighted by Crippen LogP contribution is 2.24. The highest BCUT2D eigenvalue weighted by atomic mass is 16.5. The van der Waals surface area contributed by atoms with Crippen LogP contribution in [0.25, 0.3) is 0 Å². The lowest BCUT2D eigenvalue weighted by atomic mass is 9.84. The highest BCUT2D eigenvalue weighted by Gasteiger charge is 2.22. The summed E-state index contributed by atoms with van der Waals surface area (Å²) in [4.78, 5) is 35.2. The Kier molecular flexibility index (Phi) is 7.59. The SMILES string of the molecule is COC(=O)CNC(=O)c1ccc(NC(=O)CC(C)C2CCNCC2)cc1. The van der Waals surface area contributed by atoms with Gasteiger partial charge in [0.05, 0.1) is 7.11 Å². The quantitative estimate of drug-likeness (QED) is 0.641. The molecule has 1 heterocycles. The van der Waals surface area contributed by atoms with Crippen LogP contribution in [0.1, 0.15) is 36.5 Å². The molecule has 0 saturated carbocycles. The second kappa shape index (κ2) is 9.91. The Balaban J connectivity index is 1.81. The first-order chi connectivity index (χ1) is 12.5. The van der Waals surface area contributed by atoms with E-state index in [4.69, 9.17) is 0 Å². The molecule has 1 aliphatic heterocycles. The average molecular weight is 361 g/mol.